The van der Waals surface area contributed by atoms with Crippen molar-refractivity contribution in [2.75, 3.05) is 0 Å². The van der Waals surface area contributed by atoms with Gasteiger partial charge >= 0.3 is 0 Å². The van der Waals surface area contributed by atoms with Crippen molar-refractivity contribution in [2.24, 2.45) is 0 Å². The largest absolute Gasteiger partial charge is 0.489 e. The lowest BCUT2D eigenvalue weighted by Gasteiger charge is -2.09. The molecule has 0 radical (unpaired) electrons. The smallest absolute Gasteiger partial charge is 0.252 e. The topological polar surface area (TPSA) is 26.3 Å². The van der Waals surface area contributed by atoms with Crippen molar-refractivity contribution in [3.8, 4) is 5.75 Å². The van der Waals surface area contributed by atoms with Gasteiger partial charge < -0.3 is 4.74 Å². The highest BCUT2D eigenvalue weighted by Crippen LogP contribution is 2.17. The first-order valence-electron chi connectivity index (χ1n) is 5.64. The van der Waals surface area contributed by atoms with E-state index in [4.69, 9.17) is 16.3 Å². The van der Waals surface area contributed by atoms with E-state index in [1.54, 1.807) is 12.1 Å². The van der Waals surface area contributed by atoms with Crippen LogP contribution in [0.4, 0.5) is 0 Å². The lowest BCUT2D eigenvalue weighted by atomic mass is 10.1. The van der Waals surface area contributed by atoms with Crippen LogP contribution in [0.1, 0.15) is 21.5 Å². The van der Waals surface area contributed by atoms with Crippen LogP contribution in [0.3, 0.4) is 0 Å². The van der Waals surface area contributed by atoms with Crippen LogP contribution in [0.15, 0.2) is 48.5 Å². The summed E-state index contributed by atoms with van der Waals surface area (Å²) in [7, 11) is 0. The van der Waals surface area contributed by atoms with Crippen LogP contribution in [0.25, 0.3) is 0 Å². The molecule has 0 amide bonds. The molecule has 0 saturated heterocycles. The summed E-state index contributed by atoms with van der Waals surface area (Å²) in [6, 6.07) is 15.0. The van der Waals surface area contributed by atoms with Gasteiger partial charge in [0.2, 0.25) is 0 Å². The molecule has 0 saturated carbocycles. The van der Waals surface area contributed by atoms with Gasteiger partial charge in [0.1, 0.15) is 12.4 Å². The van der Waals surface area contributed by atoms with Gasteiger partial charge in [0, 0.05) is 11.1 Å². The van der Waals surface area contributed by atoms with Crippen LogP contribution in [0.5, 0.6) is 5.75 Å². The lowest BCUT2D eigenvalue weighted by Crippen LogP contribution is -2.02. The van der Waals surface area contributed by atoms with Gasteiger partial charge in [0.25, 0.3) is 5.24 Å². The second kappa shape index (κ2) is 5.69. The SMILES string of the molecule is Cc1cccc(OCc2ccccc2C(=O)Cl)c1. The van der Waals surface area contributed by atoms with Gasteiger partial charge in [0.05, 0.1) is 0 Å². The van der Waals surface area contributed by atoms with Crippen LogP contribution in [0, 0.1) is 6.92 Å². The molecular formula is C15H13ClO2. The summed E-state index contributed by atoms with van der Waals surface area (Å²) in [4.78, 5) is 11.2. The predicted molar refractivity (Wildman–Crippen MR) is 72.1 cm³/mol. The number of carbonyl (C=O) groups excluding carboxylic acids is 1. The molecule has 0 aliphatic rings. The van der Waals surface area contributed by atoms with E-state index in [1.807, 2.05) is 43.3 Å². The fraction of sp³-hybridized carbons (Fsp3) is 0.133. The summed E-state index contributed by atoms with van der Waals surface area (Å²) in [6.45, 7) is 2.33. The Balaban J connectivity index is 2.13. The van der Waals surface area contributed by atoms with Crippen molar-refractivity contribution in [1.29, 1.82) is 0 Å². The zero-order chi connectivity index (χ0) is 13.0. The van der Waals surface area contributed by atoms with Gasteiger partial charge in [-0.3, -0.25) is 4.79 Å². The first-order valence-corrected chi connectivity index (χ1v) is 6.02. The van der Waals surface area contributed by atoms with Crippen LogP contribution < -0.4 is 4.74 Å². The first-order chi connectivity index (χ1) is 8.66. The Morgan fingerprint density at radius 2 is 1.94 bits per heavy atom. The molecule has 3 heteroatoms. The Morgan fingerprint density at radius 3 is 2.67 bits per heavy atom. The molecule has 2 rings (SSSR count). The highest BCUT2D eigenvalue weighted by Gasteiger charge is 2.08. The van der Waals surface area contributed by atoms with E-state index >= 15 is 0 Å². The van der Waals surface area contributed by atoms with Crippen molar-refractivity contribution in [1.82, 2.24) is 0 Å². The number of benzene rings is 2. The zero-order valence-electron chi connectivity index (χ0n) is 10.0. The molecule has 0 aromatic heterocycles. The van der Waals surface area contributed by atoms with Crippen LogP contribution in [0.2, 0.25) is 0 Å². The quantitative estimate of drug-likeness (QED) is 0.778. The van der Waals surface area contributed by atoms with Gasteiger partial charge in [-0.25, -0.2) is 0 Å². The molecule has 0 fully saturated rings. The zero-order valence-corrected chi connectivity index (χ0v) is 10.8. The van der Waals surface area contributed by atoms with Crippen LogP contribution in [-0.2, 0) is 6.61 Å². The number of halogens is 1. The number of aryl methyl sites for hydroxylation is 1. The Kier molecular flexibility index (Phi) is 4.00. The van der Waals surface area contributed by atoms with Crippen LogP contribution in [-0.4, -0.2) is 5.24 Å². The predicted octanol–water partition coefficient (Wildman–Crippen LogP) is 3.95. The third kappa shape index (κ3) is 3.11. The molecule has 0 aliphatic heterocycles. The van der Waals surface area contributed by atoms with E-state index in [1.165, 1.54) is 0 Å². The van der Waals surface area contributed by atoms with E-state index in [0.29, 0.717) is 12.2 Å². The molecule has 2 nitrogen and oxygen atoms in total. The molecule has 0 heterocycles. The maximum Gasteiger partial charge on any atom is 0.252 e. The average molecular weight is 261 g/mol. The molecule has 92 valence electrons. The number of hydrogen-bond donors (Lipinski definition) is 0. The van der Waals surface area contributed by atoms with Gasteiger partial charge in [-0.1, -0.05) is 30.3 Å². The highest BCUT2D eigenvalue weighted by molar-refractivity contribution is 6.67. The summed E-state index contributed by atoms with van der Waals surface area (Å²) >= 11 is 5.52. The summed E-state index contributed by atoms with van der Waals surface area (Å²) in [5.74, 6) is 0.784. The van der Waals surface area contributed by atoms with E-state index in [2.05, 4.69) is 0 Å². The van der Waals surface area contributed by atoms with Gasteiger partial charge in [-0.2, -0.15) is 0 Å². The van der Waals surface area contributed by atoms with Crippen molar-refractivity contribution in [3.05, 3.63) is 65.2 Å². The monoisotopic (exact) mass is 260 g/mol. The Hall–Kier alpha value is -1.80. The molecule has 0 aliphatic carbocycles. The second-order valence-electron chi connectivity index (χ2n) is 4.04. The molecule has 0 bridgehead atoms. The number of carbonyl (C=O) groups is 1. The maximum atomic E-state index is 11.2. The maximum absolute atomic E-state index is 11.2. The third-order valence-corrected chi connectivity index (χ3v) is 2.82. The van der Waals surface area contributed by atoms with E-state index in [-0.39, 0.29) is 0 Å². The van der Waals surface area contributed by atoms with E-state index in [0.717, 1.165) is 16.9 Å². The first kappa shape index (κ1) is 12.7. The minimum atomic E-state index is -0.460. The van der Waals surface area contributed by atoms with E-state index < -0.39 is 5.24 Å². The summed E-state index contributed by atoms with van der Waals surface area (Å²) in [5.41, 5.74) is 2.42. The Bertz CT molecular complexity index is 564. The Labute approximate surface area is 111 Å². The summed E-state index contributed by atoms with van der Waals surface area (Å²) < 4.78 is 5.65. The molecule has 0 spiro atoms. The molecule has 0 unspecified atom stereocenters. The van der Waals surface area contributed by atoms with Crippen molar-refractivity contribution in [3.63, 3.8) is 0 Å². The number of hydrogen-bond acceptors (Lipinski definition) is 2. The van der Waals surface area contributed by atoms with E-state index in [9.17, 15) is 4.79 Å². The fourth-order valence-electron chi connectivity index (χ4n) is 1.70. The standard InChI is InChI=1S/C15H13ClO2/c1-11-5-4-7-13(9-11)18-10-12-6-2-3-8-14(12)15(16)17/h2-9H,10H2,1H3. The van der Waals surface area contributed by atoms with Crippen molar-refractivity contribution in [2.45, 2.75) is 13.5 Å². The minimum absolute atomic E-state index is 0.331. The molecule has 2 aromatic rings. The second-order valence-corrected chi connectivity index (χ2v) is 4.38. The van der Waals surface area contributed by atoms with Crippen molar-refractivity contribution >= 4 is 16.8 Å². The molecule has 0 N–H and O–H groups in total. The normalized spacial score (nSPS) is 10.1. The van der Waals surface area contributed by atoms with Crippen LogP contribution >= 0.6 is 11.6 Å². The minimum Gasteiger partial charge on any atom is -0.489 e. The van der Waals surface area contributed by atoms with Gasteiger partial charge in [0.15, 0.2) is 0 Å². The number of ether oxygens (including phenoxy) is 1. The molecule has 0 atom stereocenters. The Morgan fingerprint density at radius 1 is 1.17 bits per heavy atom. The third-order valence-electron chi connectivity index (χ3n) is 2.61. The number of rotatable bonds is 4. The molecule has 2 aromatic carbocycles. The van der Waals surface area contributed by atoms with Gasteiger partial charge in [-0.15, -0.1) is 0 Å². The summed E-state index contributed by atoms with van der Waals surface area (Å²) in [6.07, 6.45) is 0. The molecular weight excluding hydrogens is 248 g/mol. The van der Waals surface area contributed by atoms with Crippen molar-refractivity contribution < 1.29 is 9.53 Å². The fourth-order valence-corrected chi connectivity index (χ4v) is 1.89. The summed E-state index contributed by atoms with van der Waals surface area (Å²) in [5, 5.41) is -0.460. The average Bonchev–Trinajstić information content (AvgIpc) is 2.37. The van der Waals surface area contributed by atoms with Gasteiger partial charge in [-0.05, 0) is 42.3 Å². The highest BCUT2D eigenvalue weighted by atomic mass is 35.5. The molecule has 18 heavy (non-hydrogen) atoms. The lowest BCUT2D eigenvalue weighted by molar-refractivity contribution is 0.107.